The summed E-state index contributed by atoms with van der Waals surface area (Å²) >= 11 is 0. The van der Waals surface area contributed by atoms with Crippen molar-refractivity contribution in [2.75, 3.05) is 14.1 Å². The summed E-state index contributed by atoms with van der Waals surface area (Å²) in [5.74, 6) is 1.48. The minimum Gasteiger partial charge on any atom is -0.349 e. The molecule has 1 heterocycles. The topological polar surface area (TPSA) is 45.5 Å². The molecule has 0 saturated carbocycles. The summed E-state index contributed by atoms with van der Waals surface area (Å²) in [5, 5.41) is 3.34. The van der Waals surface area contributed by atoms with Gasteiger partial charge in [-0.3, -0.25) is 4.99 Å². The van der Waals surface area contributed by atoms with Gasteiger partial charge in [-0.15, -0.1) is 24.0 Å². The van der Waals surface area contributed by atoms with E-state index in [2.05, 4.69) is 25.9 Å². The summed E-state index contributed by atoms with van der Waals surface area (Å²) < 4.78 is 15.1. The molecule has 1 aromatic heterocycles. The van der Waals surface area contributed by atoms with Gasteiger partial charge in [0.15, 0.2) is 5.96 Å². The van der Waals surface area contributed by atoms with Crippen molar-refractivity contribution < 1.29 is 4.39 Å². The zero-order valence-corrected chi connectivity index (χ0v) is 17.4. The van der Waals surface area contributed by atoms with E-state index in [1.165, 1.54) is 12.1 Å². The fraction of sp³-hybridized carbons (Fsp3) is 0.263. The van der Waals surface area contributed by atoms with E-state index in [1.54, 1.807) is 19.2 Å². The van der Waals surface area contributed by atoms with Crippen molar-refractivity contribution in [3.05, 3.63) is 65.7 Å². The Bertz CT molecular complexity index is 889. The molecule has 0 amide bonds. The predicted octanol–water partition coefficient (Wildman–Crippen LogP) is 3.54. The van der Waals surface area contributed by atoms with Gasteiger partial charge in [0.1, 0.15) is 11.6 Å². The van der Waals surface area contributed by atoms with Crippen molar-refractivity contribution in [3.63, 3.8) is 0 Å². The number of aromatic nitrogens is 2. The number of para-hydroxylation sites is 2. The van der Waals surface area contributed by atoms with Gasteiger partial charge in [0.05, 0.1) is 17.6 Å². The number of nitrogens with one attached hydrogen (secondary N) is 1. The zero-order chi connectivity index (χ0) is 17.8. The maximum atomic E-state index is 13.0. The molecule has 1 N–H and O–H groups in total. The highest BCUT2D eigenvalue weighted by atomic mass is 127. The van der Waals surface area contributed by atoms with Crippen LogP contribution in [0.15, 0.2) is 53.5 Å². The van der Waals surface area contributed by atoms with Gasteiger partial charge in [-0.1, -0.05) is 24.3 Å². The smallest absolute Gasteiger partial charge is 0.194 e. The lowest BCUT2D eigenvalue weighted by atomic mass is 10.2. The monoisotopic (exact) mass is 467 g/mol. The summed E-state index contributed by atoms with van der Waals surface area (Å²) in [6.45, 7) is 1.22. The van der Waals surface area contributed by atoms with Gasteiger partial charge in [-0.2, -0.15) is 0 Å². The van der Waals surface area contributed by atoms with E-state index in [-0.39, 0.29) is 29.8 Å². The first-order chi connectivity index (χ1) is 12.1. The Balaban J connectivity index is 0.00000243. The van der Waals surface area contributed by atoms with Crippen LogP contribution in [-0.4, -0.2) is 34.5 Å². The lowest BCUT2D eigenvalue weighted by Gasteiger charge is -2.22. The number of fused-ring (bicyclic) bond motifs is 1. The molecule has 0 aliphatic rings. The normalized spacial score (nSPS) is 11.3. The van der Waals surface area contributed by atoms with Crippen LogP contribution in [-0.2, 0) is 20.1 Å². The minimum atomic E-state index is -0.226. The molecule has 3 aromatic rings. The number of hydrogen-bond acceptors (Lipinski definition) is 2. The third kappa shape index (κ3) is 4.51. The summed E-state index contributed by atoms with van der Waals surface area (Å²) in [4.78, 5) is 11.0. The van der Waals surface area contributed by atoms with E-state index in [1.807, 2.05) is 37.2 Å². The number of halogens is 2. The van der Waals surface area contributed by atoms with E-state index < -0.39 is 0 Å². The first kappa shape index (κ1) is 20.2. The molecule has 0 aliphatic heterocycles. The third-order valence-corrected chi connectivity index (χ3v) is 4.19. The molecule has 138 valence electrons. The number of rotatable bonds is 4. The standard InChI is InChI=1S/C19H22FN5.HI/c1-21-19(24(2)13-14-8-10-15(20)11-9-14)22-12-18-23-16-6-4-5-7-17(16)25(18)3;/h4-11H,12-13H2,1-3H3,(H,21,22);1H. The fourth-order valence-electron chi connectivity index (χ4n) is 2.83. The van der Waals surface area contributed by atoms with E-state index in [4.69, 9.17) is 0 Å². The van der Waals surface area contributed by atoms with Crippen molar-refractivity contribution >= 4 is 41.0 Å². The van der Waals surface area contributed by atoms with E-state index in [0.717, 1.165) is 28.4 Å². The first-order valence-corrected chi connectivity index (χ1v) is 8.15. The molecule has 0 aliphatic carbocycles. The Morgan fingerprint density at radius 3 is 2.54 bits per heavy atom. The maximum Gasteiger partial charge on any atom is 0.194 e. The lowest BCUT2D eigenvalue weighted by Crippen LogP contribution is -2.38. The maximum absolute atomic E-state index is 13.0. The second-order valence-corrected chi connectivity index (χ2v) is 5.96. The number of aryl methyl sites for hydroxylation is 1. The molecular weight excluding hydrogens is 444 g/mol. The Morgan fingerprint density at radius 1 is 1.19 bits per heavy atom. The number of nitrogens with zero attached hydrogens (tertiary/aromatic N) is 4. The molecule has 0 bridgehead atoms. The second kappa shape index (κ2) is 8.98. The zero-order valence-electron chi connectivity index (χ0n) is 15.1. The van der Waals surface area contributed by atoms with Crippen LogP contribution in [0.1, 0.15) is 11.4 Å². The lowest BCUT2D eigenvalue weighted by molar-refractivity contribution is 0.474. The highest BCUT2D eigenvalue weighted by Crippen LogP contribution is 2.14. The van der Waals surface area contributed by atoms with Gasteiger partial charge in [0.2, 0.25) is 0 Å². The number of aliphatic imine (C=N–C) groups is 1. The van der Waals surface area contributed by atoms with Crippen molar-refractivity contribution in [1.29, 1.82) is 0 Å². The second-order valence-electron chi connectivity index (χ2n) is 5.96. The van der Waals surface area contributed by atoms with Crippen molar-refractivity contribution in [2.45, 2.75) is 13.1 Å². The van der Waals surface area contributed by atoms with Gasteiger partial charge in [0.25, 0.3) is 0 Å². The Morgan fingerprint density at radius 2 is 1.88 bits per heavy atom. The van der Waals surface area contributed by atoms with Gasteiger partial charge in [0, 0.05) is 27.7 Å². The Labute approximate surface area is 170 Å². The van der Waals surface area contributed by atoms with Crippen molar-refractivity contribution in [2.24, 2.45) is 12.0 Å². The van der Waals surface area contributed by atoms with Gasteiger partial charge >= 0.3 is 0 Å². The molecule has 0 spiro atoms. The SMILES string of the molecule is CN=C(NCc1nc2ccccc2n1C)N(C)Cc1ccc(F)cc1.I. The van der Waals surface area contributed by atoms with Crippen molar-refractivity contribution in [3.8, 4) is 0 Å². The summed E-state index contributed by atoms with van der Waals surface area (Å²) in [7, 11) is 5.71. The molecular formula is C19H23FIN5. The highest BCUT2D eigenvalue weighted by molar-refractivity contribution is 14.0. The molecule has 26 heavy (non-hydrogen) atoms. The third-order valence-electron chi connectivity index (χ3n) is 4.19. The van der Waals surface area contributed by atoms with Crippen LogP contribution in [0.4, 0.5) is 4.39 Å². The van der Waals surface area contributed by atoms with E-state index >= 15 is 0 Å². The number of imidazole rings is 1. The van der Waals surface area contributed by atoms with Crippen LogP contribution in [0.5, 0.6) is 0 Å². The van der Waals surface area contributed by atoms with Crippen LogP contribution >= 0.6 is 24.0 Å². The molecule has 0 atom stereocenters. The van der Waals surface area contributed by atoms with Crippen LogP contribution < -0.4 is 5.32 Å². The quantitative estimate of drug-likeness (QED) is 0.363. The average molecular weight is 467 g/mol. The highest BCUT2D eigenvalue weighted by Gasteiger charge is 2.10. The van der Waals surface area contributed by atoms with E-state index in [9.17, 15) is 4.39 Å². The van der Waals surface area contributed by atoms with Crippen LogP contribution in [0.25, 0.3) is 11.0 Å². The molecule has 0 radical (unpaired) electrons. The minimum absolute atomic E-state index is 0. The molecule has 0 unspecified atom stereocenters. The molecule has 7 heteroatoms. The van der Waals surface area contributed by atoms with Crippen molar-refractivity contribution in [1.82, 2.24) is 19.8 Å². The average Bonchev–Trinajstić information content (AvgIpc) is 2.94. The first-order valence-electron chi connectivity index (χ1n) is 8.15. The molecule has 0 saturated heterocycles. The van der Waals surface area contributed by atoms with Gasteiger partial charge < -0.3 is 14.8 Å². The molecule has 3 rings (SSSR count). The molecule has 0 fully saturated rings. The van der Waals surface area contributed by atoms with Gasteiger partial charge in [-0.05, 0) is 29.8 Å². The van der Waals surface area contributed by atoms with Crippen LogP contribution in [0, 0.1) is 5.82 Å². The van der Waals surface area contributed by atoms with Crippen LogP contribution in [0.2, 0.25) is 0 Å². The summed E-state index contributed by atoms with van der Waals surface area (Å²) in [5.41, 5.74) is 3.11. The largest absolute Gasteiger partial charge is 0.349 e. The number of benzene rings is 2. The Hall–Kier alpha value is -2.16. The summed E-state index contributed by atoms with van der Waals surface area (Å²) in [6, 6.07) is 14.6. The Kier molecular flexibility index (Phi) is 6.96. The molecule has 5 nitrogen and oxygen atoms in total. The number of guanidine groups is 1. The predicted molar refractivity (Wildman–Crippen MR) is 114 cm³/mol. The van der Waals surface area contributed by atoms with Crippen LogP contribution in [0.3, 0.4) is 0 Å². The van der Waals surface area contributed by atoms with E-state index in [0.29, 0.717) is 13.1 Å². The number of hydrogen-bond donors (Lipinski definition) is 1. The summed E-state index contributed by atoms with van der Waals surface area (Å²) in [6.07, 6.45) is 0. The molecule has 2 aromatic carbocycles. The fourth-order valence-corrected chi connectivity index (χ4v) is 2.83. The van der Waals surface area contributed by atoms with Gasteiger partial charge in [-0.25, -0.2) is 9.37 Å².